The second-order valence-corrected chi connectivity index (χ2v) is 10.0. The highest BCUT2D eigenvalue weighted by molar-refractivity contribution is 5.83. The van der Waals surface area contributed by atoms with E-state index >= 15 is 4.39 Å². The van der Waals surface area contributed by atoms with Gasteiger partial charge in [0.05, 0.1) is 21.8 Å². The Hall–Kier alpha value is -4.46. The van der Waals surface area contributed by atoms with Crippen LogP contribution in [0, 0.1) is 22.9 Å². The van der Waals surface area contributed by atoms with Crippen LogP contribution in [0.1, 0.15) is 25.7 Å². The zero-order valence-corrected chi connectivity index (χ0v) is 23.5. The summed E-state index contributed by atoms with van der Waals surface area (Å²) in [7, 11) is 5.32. The van der Waals surface area contributed by atoms with Gasteiger partial charge in [-0.1, -0.05) is 0 Å². The fourth-order valence-electron chi connectivity index (χ4n) is 4.54. The third kappa shape index (κ3) is 6.48. The number of rotatable bonds is 11. The lowest BCUT2D eigenvalue weighted by Gasteiger charge is -2.23. The molecule has 4 rings (SSSR count). The average molecular weight is 573 g/mol. The number of fused-ring (bicyclic) bond motifs is 1. The first kappa shape index (κ1) is 29.5. The molecule has 0 aliphatic rings. The molecule has 0 unspecified atom stereocenters. The Morgan fingerprint density at radius 3 is 2.49 bits per heavy atom. The van der Waals surface area contributed by atoms with Gasteiger partial charge in [-0.2, -0.15) is 8.78 Å². The highest BCUT2D eigenvalue weighted by Gasteiger charge is 2.24. The van der Waals surface area contributed by atoms with Crippen LogP contribution < -0.4 is 15.0 Å². The van der Waals surface area contributed by atoms with Gasteiger partial charge in [0, 0.05) is 50.1 Å². The summed E-state index contributed by atoms with van der Waals surface area (Å²) in [5, 5.41) is 14.7. The molecule has 0 radical (unpaired) electrons. The van der Waals surface area contributed by atoms with E-state index < -0.39 is 17.4 Å². The van der Waals surface area contributed by atoms with Gasteiger partial charge in [-0.05, 0) is 53.1 Å². The molecule has 0 aliphatic carbocycles. The largest absolute Gasteiger partial charge is 0.433 e. The lowest BCUT2D eigenvalue weighted by atomic mass is 10.1. The second kappa shape index (κ2) is 12.0. The van der Waals surface area contributed by atoms with Crippen molar-refractivity contribution in [3.8, 4) is 17.0 Å². The quantitative estimate of drug-likeness (QED) is 0.177. The van der Waals surface area contributed by atoms with E-state index in [0.717, 1.165) is 6.07 Å². The summed E-state index contributed by atoms with van der Waals surface area (Å²) in [5.74, 6) is -0.237. The van der Waals surface area contributed by atoms with Crippen molar-refractivity contribution in [3.63, 3.8) is 0 Å². The highest BCUT2D eigenvalue weighted by Crippen LogP contribution is 2.40. The Bertz CT molecular complexity index is 1580. The maximum absolute atomic E-state index is 15.0. The van der Waals surface area contributed by atoms with Gasteiger partial charge in [-0.3, -0.25) is 10.1 Å². The highest BCUT2D eigenvalue weighted by atomic mass is 19.3. The van der Waals surface area contributed by atoms with Crippen LogP contribution in [-0.2, 0) is 0 Å². The van der Waals surface area contributed by atoms with Crippen LogP contribution in [0.4, 0.5) is 36.2 Å². The fourth-order valence-corrected chi connectivity index (χ4v) is 4.54. The number of nitrogens with one attached hydrogen (secondary N) is 1. The van der Waals surface area contributed by atoms with Gasteiger partial charge in [0.2, 0.25) is 5.95 Å². The molecule has 218 valence electrons. The number of anilines is 3. The van der Waals surface area contributed by atoms with Crippen molar-refractivity contribution < 1.29 is 22.8 Å². The molecule has 41 heavy (non-hydrogen) atoms. The second-order valence-electron chi connectivity index (χ2n) is 10.0. The zero-order chi connectivity index (χ0) is 30.0. The molecule has 0 bridgehead atoms. The maximum atomic E-state index is 15.0. The molecule has 0 saturated heterocycles. The predicted octanol–water partition coefficient (Wildman–Crippen LogP) is 5.77. The van der Waals surface area contributed by atoms with Crippen molar-refractivity contribution in [2.45, 2.75) is 33.4 Å². The minimum atomic E-state index is -3.19. The van der Waals surface area contributed by atoms with Crippen molar-refractivity contribution in [3.05, 3.63) is 58.3 Å². The van der Waals surface area contributed by atoms with Gasteiger partial charge in [-0.25, -0.2) is 19.3 Å². The van der Waals surface area contributed by atoms with Gasteiger partial charge >= 0.3 is 6.61 Å². The van der Waals surface area contributed by atoms with Gasteiger partial charge in [0.25, 0.3) is 5.69 Å². The Labute approximate surface area is 234 Å². The number of likely N-dealkylation sites (N-methyl/N-ethyl adjacent to an activating group) is 2. The molecule has 0 atom stereocenters. The molecule has 14 heteroatoms. The molecule has 0 aliphatic heterocycles. The molecule has 0 fully saturated rings. The lowest BCUT2D eigenvalue weighted by molar-refractivity contribution is -0.384. The molecular weight excluding hydrogens is 541 g/mol. The van der Waals surface area contributed by atoms with E-state index in [0.29, 0.717) is 35.7 Å². The van der Waals surface area contributed by atoms with E-state index in [9.17, 15) is 18.9 Å². The number of hydrogen-bond donors (Lipinski definition) is 1. The van der Waals surface area contributed by atoms with Gasteiger partial charge < -0.3 is 24.4 Å². The van der Waals surface area contributed by atoms with Crippen molar-refractivity contribution in [1.29, 1.82) is 0 Å². The normalized spacial score (nSPS) is 11.6. The van der Waals surface area contributed by atoms with Crippen LogP contribution in [0.2, 0.25) is 0 Å². The minimum Gasteiger partial charge on any atom is -0.433 e. The van der Waals surface area contributed by atoms with Crippen LogP contribution in [0.15, 0.2) is 36.5 Å². The van der Waals surface area contributed by atoms with Crippen LogP contribution in [0.5, 0.6) is 5.75 Å². The van der Waals surface area contributed by atoms with Crippen LogP contribution in [-0.4, -0.2) is 70.2 Å². The van der Waals surface area contributed by atoms with Crippen molar-refractivity contribution in [2.24, 2.45) is 0 Å². The number of ether oxygens (including phenoxy) is 1. The summed E-state index contributed by atoms with van der Waals surface area (Å²) >= 11 is 0. The molecule has 0 amide bonds. The fraction of sp³-hybridized carbons (Fsp3) is 0.370. The molecule has 0 spiro atoms. The molecule has 4 aromatic rings. The molecule has 2 aromatic heterocycles. The summed E-state index contributed by atoms with van der Waals surface area (Å²) in [4.78, 5) is 27.7. The molecule has 2 aromatic carbocycles. The average Bonchev–Trinajstić information content (AvgIpc) is 3.24. The smallest absolute Gasteiger partial charge is 0.387 e. The first-order valence-corrected chi connectivity index (χ1v) is 12.8. The van der Waals surface area contributed by atoms with Crippen LogP contribution in [0.25, 0.3) is 22.3 Å². The molecule has 1 N–H and O–H groups in total. The summed E-state index contributed by atoms with van der Waals surface area (Å²) in [5.41, 5.74) is 1.26. The van der Waals surface area contributed by atoms with E-state index in [1.54, 1.807) is 31.0 Å². The van der Waals surface area contributed by atoms with Crippen LogP contribution >= 0.6 is 0 Å². The summed E-state index contributed by atoms with van der Waals surface area (Å²) in [6.45, 7) is 3.52. The summed E-state index contributed by atoms with van der Waals surface area (Å²) in [6.07, 6.45) is 1.41. The summed E-state index contributed by atoms with van der Waals surface area (Å²) in [6, 6.07) is 6.96. The molecule has 0 saturated carbocycles. The maximum Gasteiger partial charge on any atom is 0.387 e. The number of nitro benzene ring substituents is 1. The van der Waals surface area contributed by atoms with E-state index in [-0.39, 0.29) is 40.3 Å². The number of hydrogen-bond acceptors (Lipinski definition) is 9. The third-order valence-electron chi connectivity index (χ3n) is 6.42. The number of aromatic nitrogens is 4. The van der Waals surface area contributed by atoms with E-state index in [1.165, 1.54) is 18.3 Å². The van der Waals surface area contributed by atoms with Gasteiger partial charge in [0.15, 0.2) is 11.6 Å². The van der Waals surface area contributed by atoms with Crippen molar-refractivity contribution in [1.82, 2.24) is 24.4 Å². The number of aryl methyl sites for hydroxylation is 1. The number of nitro groups is 1. The van der Waals surface area contributed by atoms with Crippen molar-refractivity contribution >= 4 is 34.0 Å². The monoisotopic (exact) mass is 572 g/mol. The molecule has 2 heterocycles. The Morgan fingerprint density at radius 1 is 1.12 bits per heavy atom. The minimum absolute atomic E-state index is 0.0335. The first-order chi connectivity index (χ1) is 19.3. The number of imidazole rings is 1. The Balaban J connectivity index is 1.75. The first-order valence-electron chi connectivity index (χ1n) is 12.8. The van der Waals surface area contributed by atoms with E-state index in [1.807, 2.05) is 37.4 Å². The SMILES string of the molecule is Cc1nc2c(F)cc(-c3ccnc(Nc4cc([N+](=O)[O-])c(N(C)CCN(C)C)cc4OC(F)F)n3)cc2n1C(C)C. The van der Waals surface area contributed by atoms with Crippen LogP contribution in [0.3, 0.4) is 0 Å². The van der Waals surface area contributed by atoms with Gasteiger partial charge in [-0.15, -0.1) is 0 Å². The number of halogens is 3. The van der Waals surface area contributed by atoms with E-state index in [2.05, 4.69) is 20.3 Å². The van der Waals surface area contributed by atoms with Crippen molar-refractivity contribution in [2.75, 3.05) is 44.4 Å². The Morgan fingerprint density at radius 2 is 1.85 bits per heavy atom. The topological polar surface area (TPSA) is 114 Å². The third-order valence-corrected chi connectivity index (χ3v) is 6.42. The lowest BCUT2D eigenvalue weighted by Crippen LogP contribution is -2.29. The number of nitrogens with zero attached hydrogens (tertiary/aromatic N) is 7. The molecular formula is C27H31F3N8O3. The summed E-state index contributed by atoms with van der Waals surface area (Å²) < 4.78 is 48.4. The van der Waals surface area contributed by atoms with E-state index in [4.69, 9.17) is 4.74 Å². The van der Waals surface area contributed by atoms with Gasteiger partial charge in [0.1, 0.15) is 17.0 Å². The standard InChI is InChI=1S/C27H31F3N8O3/c1-15(2)37-16(3)32-25-18(28)11-17(12-23(25)37)19-7-8-31-27(33-19)34-20-13-22(38(39)40)21(14-24(20)41-26(29)30)36(6)10-9-35(4)5/h7-8,11-15,26H,9-10H2,1-6H3,(H,31,33,34). The number of benzene rings is 2. The number of alkyl halides is 2. The zero-order valence-electron chi connectivity index (χ0n) is 23.5. The Kier molecular flexibility index (Phi) is 8.61. The molecule has 11 nitrogen and oxygen atoms in total. The predicted molar refractivity (Wildman–Crippen MR) is 151 cm³/mol.